The zero-order chi connectivity index (χ0) is 21.5. The number of aromatic nitrogens is 4. The lowest BCUT2D eigenvalue weighted by molar-refractivity contribution is 0.217. The van der Waals surface area contributed by atoms with Crippen LogP contribution in [0.4, 0.5) is 4.39 Å². The quantitative estimate of drug-likeness (QED) is 0.374. The molecule has 0 amide bonds. The maximum absolute atomic E-state index is 13.4. The standard InChI is InChI=1S/C24H24ClFN4O/c1-14(30-24(31-2)23-22(29-30)12-18(25)13-27-23)15-3-5-16(6-4-15)20-9-7-17-11-19(26)8-10-21(17)28-20/h7-16H,3-6H2,1-2H3/t14-,15?,16?/m0/s1. The highest BCUT2D eigenvalue weighted by atomic mass is 35.5. The van der Waals surface area contributed by atoms with Crippen LogP contribution in [0.25, 0.3) is 21.9 Å². The molecule has 31 heavy (non-hydrogen) atoms. The van der Waals surface area contributed by atoms with Gasteiger partial charge in [0.25, 0.3) is 0 Å². The second kappa shape index (κ2) is 8.08. The normalized spacial score (nSPS) is 20.3. The third kappa shape index (κ3) is 3.74. The van der Waals surface area contributed by atoms with Gasteiger partial charge in [0.1, 0.15) is 11.3 Å². The molecule has 1 saturated carbocycles. The molecule has 0 spiro atoms. The molecule has 5 nitrogen and oxygen atoms in total. The van der Waals surface area contributed by atoms with Gasteiger partial charge in [-0.05, 0) is 68.9 Å². The molecule has 0 N–H and O–H groups in total. The Morgan fingerprint density at radius 2 is 1.90 bits per heavy atom. The van der Waals surface area contributed by atoms with Crippen molar-refractivity contribution in [2.24, 2.45) is 5.92 Å². The van der Waals surface area contributed by atoms with Crippen LogP contribution in [0.5, 0.6) is 5.88 Å². The van der Waals surface area contributed by atoms with E-state index in [0.717, 1.165) is 53.3 Å². The van der Waals surface area contributed by atoms with Gasteiger partial charge in [-0.2, -0.15) is 5.10 Å². The van der Waals surface area contributed by atoms with E-state index >= 15 is 0 Å². The Bertz CT molecular complexity index is 1250. The number of hydrogen-bond donors (Lipinski definition) is 0. The highest BCUT2D eigenvalue weighted by Gasteiger charge is 2.30. The Balaban J connectivity index is 1.33. The Hall–Kier alpha value is -2.73. The molecule has 0 bridgehead atoms. The first-order chi connectivity index (χ1) is 15.0. The van der Waals surface area contributed by atoms with Gasteiger partial charge in [-0.25, -0.2) is 14.1 Å². The predicted molar refractivity (Wildman–Crippen MR) is 120 cm³/mol. The smallest absolute Gasteiger partial charge is 0.239 e. The van der Waals surface area contributed by atoms with Crippen molar-refractivity contribution < 1.29 is 9.13 Å². The molecule has 1 atom stereocenters. The fourth-order valence-electron chi connectivity index (χ4n) is 4.84. The van der Waals surface area contributed by atoms with Crippen molar-refractivity contribution in [2.45, 2.75) is 44.6 Å². The Morgan fingerprint density at radius 3 is 2.68 bits per heavy atom. The summed E-state index contributed by atoms with van der Waals surface area (Å²) in [5, 5.41) is 6.15. The molecule has 0 unspecified atom stereocenters. The molecule has 1 fully saturated rings. The maximum Gasteiger partial charge on any atom is 0.239 e. The molecular weight excluding hydrogens is 415 g/mol. The molecule has 0 saturated heterocycles. The van der Waals surface area contributed by atoms with E-state index in [-0.39, 0.29) is 11.9 Å². The second-order valence-electron chi connectivity index (χ2n) is 8.40. The molecule has 1 aliphatic carbocycles. The van der Waals surface area contributed by atoms with E-state index in [9.17, 15) is 4.39 Å². The molecular formula is C24H24ClFN4O. The van der Waals surface area contributed by atoms with Crippen LogP contribution in [-0.4, -0.2) is 26.9 Å². The summed E-state index contributed by atoms with van der Waals surface area (Å²) in [6.45, 7) is 2.20. The van der Waals surface area contributed by atoms with Gasteiger partial charge in [-0.15, -0.1) is 0 Å². The first kappa shape index (κ1) is 20.2. The van der Waals surface area contributed by atoms with Crippen molar-refractivity contribution in [1.29, 1.82) is 0 Å². The molecule has 4 aromatic rings. The van der Waals surface area contributed by atoms with E-state index in [1.165, 1.54) is 12.1 Å². The third-order valence-corrected chi connectivity index (χ3v) is 6.79. The van der Waals surface area contributed by atoms with Gasteiger partial charge in [-0.3, -0.25) is 4.98 Å². The average Bonchev–Trinajstić information content (AvgIpc) is 3.16. The van der Waals surface area contributed by atoms with Gasteiger partial charge in [0.15, 0.2) is 5.52 Å². The van der Waals surface area contributed by atoms with Crippen LogP contribution in [0.3, 0.4) is 0 Å². The van der Waals surface area contributed by atoms with Crippen LogP contribution in [-0.2, 0) is 0 Å². The van der Waals surface area contributed by atoms with Gasteiger partial charge in [-0.1, -0.05) is 17.7 Å². The summed E-state index contributed by atoms with van der Waals surface area (Å²) < 4.78 is 21.0. The third-order valence-electron chi connectivity index (χ3n) is 6.58. The van der Waals surface area contributed by atoms with Gasteiger partial charge in [0.2, 0.25) is 5.88 Å². The molecule has 3 aromatic heterocycles. The van der Waals surface area contributed by atoms with E-state index < -0.39 is 0 Å². The number of pyridine rings is 2. The number of fused-ring (bicyclic) bond motifs is 2. The van der Waals surface area contributed by atoms with Gasteiger partial charge < -0.3 is 4.74 Å². The fourth-order valence-corrected chi connectivity index (χ4v) is 4.99. The summed E-state index contributed by atoms with van der Waals surface area (Å²) in [6.07, 6.45) is 5.94. The fraction of sp³-hybridized carbons (Fsp3) is 0.375. The summed E-state index contributed by atoms with van der Waals surface area (Å²) in [4.78, 5) is 9.22. The summed E-state index contributed by atoms with van der Waals surface area (Å²) in [6, 6.07) is 10.8. The maximum atomic E-state index is 13.4. The monoisotopic (exact) mass is 438 g/mol. The van der Waals surface area contributed by atoms with E-state index in [4.69, 9.17) is 26.4 Å². The summed E-state index contributed by atoms with van der Waals surface area (Å²) in [7, 11) is 1.66. The van der Waals surface area contributed by atoms with Crippen LogP contribution in [0.15, 0.2) is 42.6 Å². The van der Waals surface area contributed by atoms with Crippen molar-refractivity contribution >= 4 is 33.5 Å². The number of hydrogen-bond acceptors (Lipinski definition) is 4. The molecule has 3 heterocycles. The lowest BCUT2D eigenvalue weighted by Gasteiger charge is -2.32. The minimum Gasteiger partial charge on any atom is -0.480 e. The topological polar surface area (TPSA) is 52.8 Å². The minimum atomic E-state index is -0.226. The first-order valence-corrected chi connectivity index (χ1v) is 11.0. The van der Waals surface area contributed by atoms with Crippen LogP contribution >= 0.6 is 11.6 Å². The zero-order valence-electron chi connectivity index (χ0n) is 17.6. The Labute approximate surface area is 185 Å². The molecule has 1 aromatic carbocycles. The van der Waals surface area contributed by atoms with Gasteiger partial charge in [0.05, 0.1) is 23.7 Å². The number of benzene rings is 1. The van der Waals surface area contributed by atoms with Crippen LogP contribution in [0.2, 0.25) is 5.02 Å². The van der Waals surface area contributed by atoms with Crippen molar-refractivity contribution in [1.82, 2.24) is 19.7 Å². The van der Waals surface area contributed by atoms with Crippen molar-refractivity contribution in [2.75, 3.05) is 7.11 Å². The lowest BCUT2D eigenvalue weighted by Crippen LogP contribution is -2.23. The molecule has 7 heteroatoms. The van der Waals surface area contributed by atoms with E-state index in [1.54, 1.807) is 19.4 Å². The van der Waals surface area contributed by atoms with E-state index in [1.807, 2.05) is 16.8 Å². The molecule has 0 radical (unpaired) electrons. The van der Waals surface area contributed by atoms with E-state index in [0.29, 0.717) is 22.7 Å². The predicted octanol–water partition coefficient (Wildman–Crippen LogP) is 6.32. The SMILES string of the molecule is COc1c2ncc(Cl)cc2nn1[C@@H](C)C1CCC(c2ccc3cc(F)ccc3n2)CC1. The van der Waals surface area contributed by atoms with Crippen LogP contribution < -0.4 is 4.74 Å². The van der Waals surface area contributed by atoms with Crippen molar-refractivity contribution in [3.63, 3.8) is 0 Å². The van der Waals surface area contributed by atoms with Gasteiger partial charge in [0, 0.05) is 23.2 Å². The number of methoxy groups -OCH3 is 1. The van der Waals surface area contributed by atoms with Crippen LogP contribution in [0, 0.1) is 11.7 Å². The minimum absolute atomic E-state index is 0.191. The number of nitrogens with zero attached hydrogens (tertiary/aromatic N) is 4. The number of halogens is 2. The second-order valence-corrected chi connectivity index (χ2v) is 8.84. The zero-order valence-corrected chi connectivity index (χ0v) is 18.3. The highest BCUT2D eigenvalue weighted by molar-refractivity contribution is 6.31. The number of rotatable bonds is 4. The van der Waals surface area contributed by atoms with E-state index in [2.05, 4.69) is 18.0 Å². The summed E-state index contributed by atoms with van der Waals surface area (Å²) in [5.41, 5.74) is 3.45. The van der Waals surface area contributed by atoms with Crippen LogP contribution in [0.1, 0.15) is 50.3 Å². The molecule has 0 aliphatic heterocycles. The van der Waals surface area contributed by atoms with Gasteiger partial charge >= 0.3 is 0 Å². The summed E-state index contributed by atoms with van der Waals surface area (Å²) in [5.74, 6) is 1.38. The Morgan fingerprint density at radius 1 is 1.10 bits per heavy atom. The van der Waals surface area contributed by atoms with Crippen molar-refractivity contribution in [3.05, 3.63) is 59.1 Å². The summed E-state index contributed by atoms with van der Waals surface area (Å²) >= 11 is 6.09. The number of ether oxygens (including phenoxy) is 1. The molecule has 5 rings (SSSR count). The highest BCUT2D eigenvalue weighted by Crippen LogP contribution is 2.41. The van der Waals surface area contributed by atoms with Crippen molar-refractivity contribution in [3.8, 4) is 5.88 Å². The lowest BCUT2D eigenvalue weighted by atomic mass is 9.77. The molecule has 160 valence electrons. The largest absolute Gasteiger partial charge is 0.480 e. The Kier molecular flexibility index (Phi) is 5.26. The first-order valence-electron chi connectivity index (χ1n) is 10.7. The average molecular weight is 439 g/mol. The molecule has 1 aliphatic rings.